The molecule has 2 heterocycles. The fourth-order valence-electron chi connectivity index (χ4n) is 2.15. The number of carbonyl (C=O) groups excluding carboxylic acids is 1. The maximum absolute atomic E-state index is 11.7. The summed E-state index contributed by atoms with van der Waals surface area (Å²) in [6.45, 7) is 1.59. The minimum atomic E-state index is -0.251. The minimum Gasteiger partial charge on any atom is -0.396 e. The van der Waals surface area contributed by atoms with Gasteiger partial charge in [-0.15, -0.1) is 11.3 Å². The van der Waals surface area contributed by atoms with Crippen LogP contribution in [-0.4, -0.2) is 32.1 Å². The molecule has 1 aliphatic heterocycles. The fraction of sp³-hybridized carbons (Fsp3) is 0.500. The Morgan fingerprint density at radius 1 is 1.53 bits per heavy atom. The summed E-state index contributed by atoms with van der Waals surface area (Å²) in [4.78, 5) is 14.2. The average Bonchev–Trinajstić information content (AvgIpc) is 2.75. The second kappa shape index (κ2) is 5.47. The predicted octanol–water partition coefficient (Wildman–Crippen LogP) is 0.489. The molecule has 0 aliphatic carbocycles. The standard InChI is InChI=1S/C12H17N5OS/c1-16-11(18)10-9(15)8(6-13)12(19-10)17-4-2-7(14)3-5-17/h7H,2-5,14-15H2,1H3,(H,16,18). The lowest BCUT2D eigenvalue weighted by molar-refractivity contribution is 0.0968. The van der Waals surface area contributed by atoms with Crippen LogP contribution in [0.2, 0.25) is 0 Å². The highest BCUT2D eigenvalue weighted by molar-refractivity contribution is 7.19. The number of piperidine rings is 1. The molecule has 0 aromatic carbocycles. The number of nitrogens with two attached hydrogens (primary N) is 2. The third-order valence-electron chi connectivity index (χ3n) is 3.30. The number of nitrogens with one attached hydrogen (secondary N) is 1. The number of nitriles is 1. The molecule has 6 nitrogen and oxygen atoms in total. The van der Waals surface area contributed by atoms with E-state index in [9.17, 15) is 10.1 Å². The lowest BCUT2D eigenvalue weighted by Crippen LogP contribution is -2.39. The Balaban J connectivity index is 2.35. The van der Waals surface area contributed by atoms with E-state index < -0.39 is 0 Å². The summed E-state index contributed by atoms with van der Waals surface area (Å²) in [6, 6.07) is 2.32. The van der Waals surface area contributed by atoms with Crippen LogP contribution in [0, 0.1) is 11.3 Å². The molecule has 102 valence electrons. The topological polar surface area (TPSA) is 108 Å². The molecule has 0 unspecified atom stereocenters. The number of rotatable bonds is 2. The molecule has 1 aliphatic rings. The number of carbonyl (C=O) groups is 1. The predicted molar refractivity (Wildman–Crippen MR) is 76.3 cm³/mol. The van der Waals surface area contributed by atoms with E-state index in [4.69, 9.17) is 11.5 Å². The van der Waals surface area contributed by atoms with Gasteiger partial charge in [-0.05, 0) is 12.8 Å². The smallest absolute Gasteiger partial charge is 0.263 e. The first-order chi connectivity index (χ1) is 9.08. The molecular weight excluding hydrogens is 262 g/mol. The Morgan fingerprint density at radius 3 is 2.68 bits per heavy atom. The van der Waals surface area contributed by atoms with Crippen molar-refractivity contribution >= 4 is 27.9 Å². The third-order valence-corrected chi connectivity index (χ3v) is 4.56. The number of thiophene rings is 1. The molecule has 5 N–H and O–H groups in total. The highest BCUT2D eigenvalue weighted by Crippen LogP contribution is 2.38. The van der Waals surface area contributed by atoms with Crippen LogP contribution in [0.1, 0.15) is 28.1 Å². The highest BCUT2D eigenvalue weighted by Gasteiger charge is 2.26. The quantitative estimate of drug-likeness (QED) is 0.730. The Kier molecular flexibility index (Phi) is 3.93. The van der Waals surface area contributed by atoms with Crippen LogP contribution in [0.4, 0.5) is 10.7 Å². The van der Waals surface area contributed by atoms with E-state index in [0.29, 0.717) is 10.4 Å². The van der Waals surface area contributed by atoms with Crippen molar-refractivity contribution in [1.29, 1.82) is 5.26 Å². The number of hydrogen-bond donors (Lipinski definition) is 3. The second-order valence-electron chi connectivity index (χ2n) is 4.54. The Morgan fingerprint density at radius 2 is 2.16 bits per heavy atom. The van der Waals surface area contributed by atoms with E-state index in [-0.39, 0.29) is 17.6 Å². The summed E-state index contributed by atoms with van der Waals surface area (Å²) in [5.74, 6) is -0.251. The van der Waals surface area contributed by atoms with Crippen molar-refractivity contribution in [2.45, 2.75) is 18.9 Å². The van der Waals surface area contributed by atoms with Gasteiger partial charge in [0.05, 0.1) is 5.69 Å². The van der Waals surface area contributed by atoms with Crippen LogP contribution in [0.15, 0.2) is 0 Å². The molecule has 2 rings (SSSR count). The first-order valence-corrected chi connectivity index (χ1v) is 6.95. The number of anilines is 2. The molecule has 1 aromatic rings. The molecule has 1 saturated heterocycles. The van der Waals surface area contributed by atoms with E-state index in [2.05, 4.69) is 16.3 Å². The first-order valence-electron chi connectivity index (χ1n) is 6.13. The van der Waals surface area contributed by atoms with Gasteiger partial charge in [-0.2, -0.15) is 5.26 Å². The van der Waals surface area contributed by atoms with Gasteiger partial charge >= 0.3 is 0 Å². The van der Waals surface area contributed by atoms with Crippen LogP contribution in [0.3, 0.4) is 0 Å². The lowest BCUT2D eigenvalue weighted by atomic mass is 10.1. The molecule has 0 bridgehead atoms. The average molecular weight is 279 g/mol. The first kappa shape index (κ1) is 13.6. The molecule has 7 heteroatoms. The van der Waals surface area contributed by atoms with Crippen molar-refractivity contribution in [3.05, 3.63) is 10.4 Å². The number of nitrogen functional groups attached to an aromatic ring is 1. The molecule has 1 fully saturated rings. The lowest BCUT2D eigenvalue weighted by Gasteiger charge is -2.31. The third kappa shape index (κ3) is 2.50. The molecule has 0 atom stereocenters. The summed E-state index contributed by atoms with van der Waals surface area (Å²) in [5, 5.41) is 12.6. The van der Waals surface area contributed by atoms with Crippen molar-refractivity contribution in [2.24, 2.45) is 5.73 Å². The molecule has 0 saturated carbocycles. The van der Waals surface area contributed by atoms with Gasteiger partial charge in [0.25, 0.3) is 5.91 Å². The maximum atomic E-state index is 11.7. The molecule has 0 radical (unpaired) electrons. The number of nitrogens with zero attached hydrogens (tertiary/aromatic N) is 2. The van der Waals surface area contributed by atoms with E-state index >= 15 is 0 Å². The number of amides is 1. The van der Waals surface area contributed by atoms with Crippen molar-refractivity contribution in [3.8, 4) is 6.07 Å². The van der Waals surface area contributed by atoms with E-state index in [1.165, 1.54) is 11.3 Å². The van der Waals surface area contributed by atoms with Crippen LogP contribution >= 0.6 is 11.3 Å². The zero-order chi connectivity index (χ0) is 14.0. The normalized spacial score (nSPS) is 16.2. The maximum Gasteiger partial charge on any atom is 0.263 e. The summed E-state index contributed by atoms with van der Waals surface area (Å²) < 4.78 is 0. The van der Waals surface area contributed by atoms with Crippen molar-refractivity contribution in [1.82, 2.24) is 5.32 Å². The van der Waals surface area contributed by atoms with Gasteiger partial charge < -0.3 is 21.7 Å². The van der Waals surface area contributed by atoms with E-state index in [1.807, 2.05) is 0 Å². The Bertz CT molecular complexity index is 525. The van der Waals surface area contributed by atoms with Gasteiger partial charge in [-0.3, -0.25) is 4.79 Å². The Labute approximate surface area is 116 Å². The van der Waals surface area contributed by atoms with Gasteiger partial charge in [0.2, 0.25) is 0 Å². The van der Waals surface area contributed by atoms with Gasteiger partial charge in [-0.25, -0.2) is 0 Å². The molecular formula is C12H17N5OS. The van der Waals surface area contributed by atoms with Crippen LogP contribution in [0.5, 0.6) is 0 Å². The van der Waals surface area contributed by atoms with Crippen molar-refractivity contribution in [2.75, 3.05) is 30.8 Å². The second-order valence-corrected chi connectivity index (χ2v) is 5.54. The van der Waals surface area contributed by atoms with Crippen LogP contribution < -0.4 is 21.7 Å². The van der Waals surface area contributed by atoms with E-state index in [1.54, 1.807) is 7.05 Å². The summed E-state index contributed by atoms with van der Waals surface area (Å²) in [7, 11) is 1.55. The van der Waals surface area contributed by atoms with Crippen LogP contribution in [0.25, 0.3) is 0 Å². The monoisotopic (exact) mass is 279 g/mol. The summed E-state index contributed by atoms with van der Waals surface area (Å²) >= 11 is 1.28. The van der Waals surface area contributed by atoms with Crippen LogP contribution in [-0.2, 0) is 0 Å². The van der Waals surface area contributed by atoms with Crippen molar-refractivity contribution < 1.29 is 4.79 Å². The largest absolute Gasteiger partial charge is 0.396 e. The van der Waals surface area contributed by atoms with Crippen molar-refractivity contribution in [3.63, 3.8) is 0 Å². The Hall–Kier alpha value is -1.78. The number of hydrogen-bond acceptors (Lipinski definition) is 6. The summed E-state index contributed by atoms with van der Waals surface area (Å²) in [6.07, 6.45) is 1.77. The molecule has 0 spiro atoms. The highest BCUT2D eigenvalue weighted by atomic mass is 32.1. The zero-order valence-electron chi connectivity index (χ0n) is 10.8. The molecule has 1 aromatic heterocycles. The zero-order valence-corrected chi connectivity index (χ0v) is 11.6. The van der Waals surface area contributed by atoms with Gasteiger partial charge in [0.15, 0.2) is 0 Å². The molecule has 1 amide bonds. The SMILES string of the molecule is CNC(=O)c1sc(N2CCC(N)CC2)c(C#N)c1N. The van der Waals surface area contributed by atoms with Gasteiger partial charge in [0.1, 0.15) is 21.5 Å². The van der Waals surface area contributed by atoms with Gasteiger partial charge in [0, 0.05) is 26.2 Å². The summed E-state index contributed by atoms with van der Waals surface area (Å²) in [5.41, 5.74) is 12.5. The van der Waals surface area contributed by atoms with E-state index in [0.717, 1.165) is 30.9 Å². The molecule has 19 heavy (non-hydrogen) atoms. The minimum absolute atomic E-state index is 0.220. The fourth-order valence-corrected chi connectivity index (χ4v) is 3.32. The van der Waals surface area contributed by atoms with Gasteiger partial charge in [-0.1, -0.05) is 0 Å².